The fourth-order valence-electron chi connectivity index (χ4n) is 4.64. The molecule has 0 aromatic heterocycles. The van der Waals surface area contributed by atoms with Crippen LogP contribution in [0.2, 0.25) is 10.0 Å². The predicted molar refractivity (Wildman–Crippen MR) is 157 cm³/mol. The molecular weight excluding hydrogens is 589 g/mol. The molecule has 0 bridgehead atoms. The van der Waals surface area contributed by atoms with Crippen molar-refractivity contribution in [3.8, 4) is 11.5 Å². The van der Waals surface area contributed by atoms with Crippen LogP contribution >= 0.6 is 23.2 Å². The van der Waals surface area contributed by atoms with Gasteiger partial charge in [0.05, 0.1) is 0 Å². The number of carbonyl (C=O) groups excluding carboxylic acids is 1. The van der Waals surface area contributed by atoms with Crippen molar-refractivity contribution in [2.24, 2.45) is 0 Å². The van der Waals surface area contributed by atoms with E-state index < -0.39 is 16.7 Å². The van der Waals surface area contributed by atoms with Crippen LogP contribution < -0.4 is 14.8 Å². The lowest BCUT2D eigenvalue weighted by atomic mass is 9.93. The van der Waals surface area contributed by atoms with Crippen LogP contribution in [0.5, 0.6) is 11.5 Å². The minimum absolute atomic E-state index is 0.0141. The Kier molecular flexibility index (Phi) is 11.2. The molecule has 1 amide bonds. The van der Waals surface area contributed by atoms with E-state index in [1.165, 1.54) is 0 Å². The number of hydrogen-bond acceptors (Lipinski definition) is 5. The molecule has 1 fully saturated rings. The van der Waals surface area contributed by atoms with Crippen molar-refractivity contribution in [1.29, 1.82) is 0 Å². The molecule has 3 aromatic carbocycles. The molecule has 2 aliphatic rings. The molecule has 1 saturated carbocycles. The lowest BCUT2D eigenvalue weighted by Gasteiger charge is -2.28. The Morgan fingerprint density at radius 3 is 2.36 bits per heavy atom. The number of rotatable bonds is 10. The summed E-state index contributed by atoms with van der Waals surface area (Å²) in [4.78, 5) is 24.1. The second-order valence-corrected chi connectivity index (χ2v) is 10.4. The van der Waals surface area contributed by atoms with Crippen LogP contribution in [-0.4, -0.2) is 54.7 Å². The standard InChI is InChI=1S/C30H28Cl2F2N2O3.CH2O2/c31-25-4-2-1-3-20(25)18-36(21-7-8-21)30(37)24-17-35-14-13-23(24)19-5-9-22(10-6-19)38-15-16-39-29-27(34)12-11-26(33)28(29)32;2-1-3/h1-6,9-12,21,35H,7-8,13-18H2;1H,(H,2,3). The van der Waals surface area contributed by atoms with E-state index in [0.717, 1.165) is 60.2 Å². The summed E-state index contributed by atoms with van der Waals surface area (Å²) in [5.41, 5.74) is 3.70. The molecule has 1 heterocycles. The topological polar surface area (TPSA) is 88.1 Å². The van der Waals surface area contributed by atoms with Crippen molar-refractivity contribution in [1.82, 2.24) is 10.2 Å². The Hall–Kier alpha value is -3.66. The van der Waals surface area contributed by atoms with Crippen LogP contribution in [0.15, 0.2) is 66.2 Å². The van der Waals surface area contributed by atoms with Gasteiger partial charge in [0.25, 0.3) is 12.4 Å². The fourth-order valence-corrected chi connectivity index (χ4v) is 5.04. The Labute approximate surface area is 252 Å². The number of nitrogens with zero attached hydrogens (tertiary/aromatic N) is 1. The minimum Gasteiger partial charge on any atom is -0.490 e. The zero-order valence-corrected chi connectivity index (χ0v) is 24.1. The van der Waals surface area contributed by atoms with Crippen molar-refractivity contribution >= 4 is 41.2 Å². The summed E-state index contributed by atoms with van der Waals surface area (Å²) >= 11 is 12.2. The first-order valence-corrected chi connectivity index (χ1v) is 14.1. The largest absolute Gasteiger partial charge is 0.490 e. The summed E-state index contributed by atoms with van der Waals surface area (Å²) in [5, 5.41) is 10.5. The molecule has 3 aromatic rings. The van der Waals surface area contributed by atoms with E-state index in [-0.39, 0.29) is 37.4 Å². The third-order valence-electron chi connectivity index (χ3n) is 6.83. The fraction of sp³-hybridized carbons (Fsp3) is 0.290. The molecule has 0 spiro atoms. The first kappa shape index (κ1) is 31.3. The normalized spacial score (nSPS) is 14.5. The van der Waals surface area contributed by atoms with Gasteiger partial charge < -0.3 is 24.8 Å². The van der Waals surface area contributed by atoms with Gasteiger partial charge in [0.15, 0.2) is 11.6 Å². The molecule has 7 nitrogen and oxygen atoms in total. The van der Waals surface area contributed by atoms with Crippen molar-refractivity contribution < 1.29 is 33.0 Å². The molecule has 5 rings (SSSR count). The summed E-state index contributed by atoms with van der Waals surface area (Å²) in [6.45, 7) is 1.63. The number of ether oxygens (including phenoxy) is 2. The zero-order valence-electron chi connectivity index (χ0n) is 22.6. The monoisotopic (exact) mass is 618 g/mol. The summed E-state index contributed by atoms with van der Waals surface area (Å²) in [5.74, 6) is -1.19. The first-order chi connectivity index (χ1) is 20.3. The highest BCUT2D eigenvalue weighted by Gasteiger charge is 2.35. The highest BCUT2D eigenvalue weighted by Crippen LogP contribution is 2.34. The van der Waals surface area contributed by atoms with Gasteiger partial charge in [-0.05, 0) is 72.8 Å². The highest BCUT2D eigenvalue weighted by molar-refractivity contribution is 6.32. The van der Waals surface area contributed by atoms with E-state index in [9.17, 15) is 13.6 Å². The van der Waals surface area contributed by atoms with Gasteiger partial charge in [0.1, 0.15) is 29.8 Å². The number of carboxylic acid groups (broad SMARTS) is 1. The van der Waals surface area contributed by atoms with Gasteiger partial charge >= 0.3 is 0 Å². The van der Waals surface area contributed by atoms with Gasteiger partial charge in [-0.2, -0.15) is 0 Å². The zero-order chi connectivity index (χ0) is 30.1. The predicted octanol–water partition coefficient (Wildman–Crippen LogP) is 6.37. The first-order valence-electron chi connectivity index (χ1n) is 13.4. The average Bonchev–Trinajstić information content (AvgIpc) is 3.84. The second-order valence-electron chi connectivity index (χ2n) is 9.64. The number of carbonyl (C=O) groups is 2. The molecule has 0 atom stereocenters. The number of benzene rings is 3. The maximum atomic E-state index is 13.9. The number of hydrogen-bond donors (Lipinski definition) is 2. The minimum atomic E-state index is -0.751. The quantitative estimate of drug-likeness (QED) is 0.156. The van der Waals surface area contributed by atoms with Crippen molar-refractivity contribution in [2.45, 2.75) is 31.8 Å². The number of nitrogens with one attached hydrogen (secondary N) is 1. The van der Waals surface area contributed by atoms with Crippen molar-refractivity contribution in [3.63, 3.8) is 0 Å². The Morgan fingerprint density at radius 1 is 1.00 bits per heavy atom. The maximum Gasteiger partial charge on any atom is 0.290 e. The average molecular weight is 619 g/mol. The van der Waals surface area contributed by atoms with Crippen molar-refractivity contribution in [3.05, 3.63) is 99.0 Å². The van der Waals surface area contributed by atoms with E-state index in [4.69, 9.17) is 42.6 Å². The molecule has 222 valence electrons. The van der Waals surface area contributed by atoms with E-state index in [1.54, 1.807) is 0 Å². The van der Waals surface area contributed by atoms with Gasteiger partial charge in [-0.1, -0.05) is 53.5 Å². The molecule has 0 radical (unpaired) electrons. The summed E-state index contributed by atoms with van der Waals surface area (Å²) in [7, 11) is 0. The Morgan fingerprint density at radius 2 is 1.67 bits per heavy atom. The van der Waals surface area contributed by atoms with Crippen LogP contribution in [0.3, 0.4) is 0 Å². The van der Waals surface area contributed by atoms with E-state index in [1.807, 2.05) is 53.4 Å². The number of amides is 1. The smallest absolute Gasteiger partial charge is 0.290 e. The molecule has 0 saturated heterocycles. The maximum absolute atomic E-state index is 13.9. The summed E-state index contributed by atoms with van der Waals surface area (Å²) in [6, 6.07) is 17.3. The molecule has 1 aliphatic carbocycles. The number of halogens is 4. The molecule has 2 N–H and O–H groups in total. The lowest BCUT2D eigenvalue weighted by Crippen LogP contribution is -2.39. The lowest BCUT2D eigenvalue weighted by molar-refractivity contribution is -0.128. The van der Waals surface area contributed by atoms with Gasteiger partial charge in [0, 0.05) is 29.7 Å². The SMILES string of the molecule is O=C(C1=C(c2ccc(OCCOc3c(F)ccc(F)c3Cl)cc2)CCNC1)N(Cc1ccccc1Cl)C1CC1.O=CO. The highest BCUT2D eigenvalue weighted by atomic mass is 35.5. The molecule has 0 unspecified atom stereocenters. The van der Waals surface area contributed by atoms with Crippen LogP contribution in [0.25, 0.3) is 5.57 Å². The van der Waals surface area contributed by atoms with Crippen molar-refractivity contribution in [2.75, 3.05) is 26.3 Å². The summed E-state index contributed by atoms with van der Waals surface area (Å²) < 4.78 is 38.4. The molecule has 11 heteroatoms. The summed E-state index contributed by atoms with van der Waals surface area (Å²) in [6.07, 6.45) is 2.74. The van der Waals surface area contributed by atoms with Gasteiger partial charge in [-0.15, -0.1) is 0 Å². The van der Waals surface area contributed by atoms with E-state index in [0.29, 0.717) is 23.9 Å². The third-order valence-corrected chi connectivity index (χ3v) is 7.55. The third kappa shape index (κ3) is 8.00. The van der Waals surface area contributed by atoms with E-state index >= 15 is 0 Å². The van der Waals surface area contributed by atoms with Crippen LogP contribution in [0.1, 0.15) is 30.4 Å². The van der Waals surface area contributed by atoms with Crippen LogP contribution in [0.4, 0.5) is 8.78 Å². The van der Waals surface area contributed by atoms with Gasteiger partial charge in [-0.3, -0.25) is 9.59 Å². The second kappa shape index (κ2) is 15.0. The van der Waals surface area contributed by atoms with Gasteiger partial charge in [0.2, 0.25) is 0 Å². The van der Waals surface area contributed by atoms with Crippen LogP contribution in [-0.2, 0) is 16.1 Å². The van der Waals surface area contributed by atoms with E-state index in [2.05, 4.69) is 5.32 Å². The van der Waals surface area contributed by atoms with Gasteiger partial charge in [-0.25, -0.2) is 8.78 Å². The Bertz CT molecular complexity index is 1430. The molecule has 1 aliphatic heterocycles. The Balaban J connectivity index is 0.00000129. The molecular formula is C31H30Cl2F2N2O5. The van der Waals surface area contributed by atoms with Crippen LogP contribution in [0, 0.1) is 11.6 Å². The molecule has 42 heavy (non-hydrogen) atoms.